The summed E-state index contributed by atoms with van der Waals surface area (Å²) in [6.07, 6.45) is 0. The molecule has 0 radical (unpaired) electrons. The summed E-state index contributed by atoms with van der Waals surface area (Å²) < 4.78 is 0. The molecule has 0 spiro atoms. The van der Waals surface area contributed by atoms with E-state index in [1.165, 1.54) is 23.1 Å². The normalized spacial score (nSPS) is 11.6. The van der Waals surface area contributed by atoms with E-state index < -0.39 is 5.25 Å². The van der Waals surface area contributed by atoms with Gasteiger partial charge in [0.05, 0.1) is 10.6 Å². The van der Waals surface area contributed by atoms with Crippen LogP contribution in [0.1, 0.15) is 21.2 Å². The molecular formula is C28H20ClN3O2S3. The molecular weight excluding hydrogens is 542 g/mol. The summed E-state index contributed by atoms with van der Waals surface area (Å²) in [4.78, 5) is 32.6. The third-order valence-electron chi connectivity index (χ3n) is 5.28. The van der Waals surface area contributed by atoms with Crippen LogP contribution < -0.4 is 10.6 Å². The molecule has 184 valence electrons. The van der Waals surface area contributed by atoms with E-state index in [9.17, 15) is 9.59 Å². The van der Waals surface area contributed by atoms with Gasteiger partial charge < -0.3 is 10.6 Å². The molecule has 2 N–H and O–H groups in total. The first kappa shape index (κ1) is 25.2. The van der Waals surface area contributed by atoms with E-state index >= 15 is 0 Å². The van der Waals surface area contributed by atoms with E-state index in [-0.39, 0.29) is 11.8 Å². The molecule has 5 rings (SSSR count). The van der Waals surface area contributed by atoms with Crippen LogP contribution in [0.5, 0.6) is 0 Å². The number of thiophene rings is 1. The second-order valence-corrected chi connectivity index (χ2v) is 11.3. The SMILES string of the molecule is O=C(Nc1cccc(SC(C(=O)Nc2nc(-c3cccs3)cs2)c2ccccc2)c1)c1cccc(Cl)c1. The average molecular weight is 562 g/mol. The number of benzene rings is 3. The second-order valence-electron chi connectivity index (χ2n) is 7.91. The fourth-order valence-corrected chi connectivity index (χ4v) is 6.30. The molecule has 0 aliphatic carbocycles. The van der Waals surface area contributed by atoms with Gasteiger partial charge >= 0.3 is 0 Å². The second kappa shape index (κ2) is 11.7. The van der Waals surface area contributed by atoms with Crippen LogP contribution in [-0.2, 0) is 4.79 Å². The lowest BCUT2D eigenvalue weighted by molar-refractivity contribution is -0.115. The van der Waals surface area contributed by atoms with Crippen LogP contribution >= 0.6 is 46.0 Å². The maximum absolute atomic E-state index is 13.4. The molecule has 0 saturated carbocycles. The summed E-state index contributed by atoms with van der Waals surface area (Å²) in [6.45, 7) is 0. The lowest BCUT2D eigenvalue weighted by Gasteiger charge is -2.17. The zero-order valence-electron chi connectivity index (χ0n) is 19.3. The molecule has 0 saturated heterocycles. The lowest BCUT2D eigenvalue weighted by atomic mass is 10.1. The maximum Gasteiger partial charge on any atom is 0.255 e. The molecule has 5 nitrogen and oxygen atoms in total. The van der Waals surface area contributed by atoms with Gasteiger partial charge in [-0.25, -0.2) is 4.98 Å². The Labute approximate surface area is 231 Å². The minimum atomic E-state index is -0.519. The number of carbonyl (C=O) groups is 2. The highest BCUT2D eigenvalue weighted by Crippen LogP contribution is 2.38. The van der Waals surface area contributed by atoms with Crippen LogP contribution in [0, 0.1) is 0 Å². The van der Waals surface area contributed by atoms with Gasteiger partial charge in [0.1, 0.15) is 5.25 Å². The highest BCUT2D eigenvalue weighted by atomic mass is 35.5. The van der Waals surface area contributed by atoms with Gasteiger partial charge in [-0.15, -0.1) is 34.4 Å². The quantitative estimate of drug-likeness (QED) is 0.187. The molecule has 5 aromatic rings. The number of rotatable bonds is 8. The number of hydrogen-bond acceptors (Lipinski definition) is 6. The van der Waals surface area contributed by atoms with Gasteiger partial charge in [0.25, 0.3) is 5.91 Å². The number of thiazole rings is 1. The molecule has 2 aromatic heterocycles. The van der Waals surface area contributed by atoms with Gasteiger partial charge in [-0.3, -0.25) is 9.59 Å². The molecule has 37 heavy (non-hydrogen) atoms. The standard InChI is InChI=1S/C28H20ClN3O2S3/c29-20-10-4-9-19(15-20)26(33)30-21-11-5-12-22(16-21)37-25(18-7-2-1-3-8-18)27(34)32-28-31-23(17-36-28)24-13-6-14-35-24/h1-17,25H,(H,30,33)(H,31,32,34). The highest BCUT2D eigenvalue weighted by molar-refractivity contribution is 8.00. The van der Waals surface area contributed by atoms with Crippen LogP contribution in [-0.4, -0.2) is 16.8 Å². The minimum Gasteiger partial charge on any atom is -0.322 e. The predicted molar refractivity (Wildman–Crippen MR) is 155 cm³/mol. The van der Waals surface area contributed by atoms with Crippen molar-refractivity contribution in [3.05, 3.63) is 118 Å². The fraction of sp³-hybridized carbons (Fsp3) is 0.0357. The number of thioether (sulfide) groups is 1. The Morgan fingerprint density at radius 1 is 0.865 bits per heavy atom. The Bertz CT molecular complexity index is 1520. The van der Waals surface area contributed by atoms with Crippen molar-refractivity contribution in [1.82, 2.24) is 4.98 Å². The number of nitrogens with one attached hydrogen (secondary N) is 2. The van der Waals surface area contributed by atoms with E-state index in [1.54, 1.807) is 35.6 Å². The number of carbonyl (C=O) groups excluding carboxylic acids is 2. The van der Waals surface area contributed by atoms with Crippen molar-refractivity contribution in [2.24, 2.45) is 0 Å². The number of nitrogens with zero attached hydrogens (tertiary/aromatic N) is 1. The molecule has 3 aromatic carbocycles. The fourth-order valence-electron chi connectivity index (χ4n) is 3.56. The predicted octanol–water partition coefficient (Wildman–Crippen LogP) is 8.25. The van der Waals surface area contributed by atoms with E-state index in [4.69, 9.17) is 11.6 Å². The Morgan fingerprint density at radius 2 is 1.70 bits per heavy atom. The van der Waals surface area contributed by atoms with Crippen molar-refractivity contribution < 1.29 is 9.59 Å². The maximum atomic E-state index is 13.4. The van der Waals surface area contributed by atoms with Crippen molar-refractivity contribution >= 4 is 68.7 Å². The van der Waals surface area contributed by atoms with Crippen molar-refractivity contribution in [3.63, 3.8) is 0 Å². The zero-order valence-corrected chi connectivity index (χ0v) is 22.5. The molecule has 0 aliphatic heterocycles. The minimum absolute atomic E-state index is 0.170. The van der Waals surface area contributed by atoms with Gasteiger partial charge in [0.2, 0.25) is 5.91 Å². The molecule has 1 unspecified atom stereocenters. The van der Waals surface area contributed by atoms with E-state index in [2.05, 4.69) is 15.6 Å². The summed E-state index contributed by atoms with van der Waals surface area (Å²) in [5.41, 5.74) is 2.82. The Kier molecular flexibility index (Phi) is 8.01. The van der Waals surface area contributed by atoms with Gasteiger partial charge in [0, 0.05) is 26.5 Å². The monoisotopic (exact) mass is 561 g/mol. The molecule has 0 fully saturated rings. The number of amides is 2. The van der Waals surface area contributed by atoms with Crippen LogP contribution in [0.2, 0.25) is 5.02 Å². The molecule has 0 aliphatic rings. The van der Waals surface area contributed by atoms with Crippen LogP contribution in [0.4, 0.5) is 10.8 Å². The van der Waals surface area contributed by atoms with E-state index in [0.29, 0.717) is 21.4 Å². The first-order valence-electron chi connectivity index (χ1n) is 11.2. The molecule has 1 atom stereocenters. The third-order valence-corrected chi connectivity index (χ3v) is 8.41. The summed E-state index contributed by atoms with van der Waals surface area (Å²) in [6, 6.07) is 27.8. The Balaban J connectivity index is 1.34. The van der Waals surface area contributed by atoms with Crippen molar-refractivity contribution in [3.8, 4) is 10.6 Å². The van der Waals surface area contributed by atoms with Crippen molar-refractivity contribution in [2.45, 2.75) is 10.1 Å². The summed E-state index contributed by atoms with van der Waals surface area (Å²) >= 11 is 10.4. The lowest BCUT2D eigenvalue weighted by Crippen LogP contribution is -2.19. The molecule has 2 heterocycles. The zero-order chi connectivity index (χ0) is 25.6. The van der Waals surface area contributed by atoms with Crippen LogP contribution in [0.25, 0.3) is 10.6 Å². The third kappa shape index (κ3) is 6.47. The smallest absolute Gasteiger partial charge is 0.255 e. The Hall–Kier alpha value is -3.43. The summed E-state index contributed by atoms with van der Waals surface area (Å²) in [5, 5.41) is 10.4. The summed E-state index contributed by atoms with van der Waals surface area (Å²) in [5.74, 6) is -0.427. The Morgan fingerprint density at radius 3 is 2.49 bits per heavy atom. The largest absolute Gasteiger partial charge is 0.322 e. The topological polar surface area (TPSA) is 71.1 Å². The number of anilines is 2. The van der Waals surface area contributed by atoms with Crippen LogP contribution in [0.15, 0.2) is 107 Å². The first-order valence-corrected chi connectivity index (χ1v) is 14.3. The van der Waals surface area contributed by atoms with Gasteiger partial charge in [-0.1, -0.05) is 60.1 Å². The van der Waals surface area contributed by atoms with Gasteiger partial charge in [-0.2, -0.15) is 0 Å². The number of halogens is 1. The van der Waals surface area contributed by atoms with Gasteiger partial charge in [-0.05, 0) is 53.4 Å². The molecule has 0 bridgehead atoms. The van der Waals surface area contributed by atoms with Crippen molar-refractivity contribution in [1.29, 1.82) is 0 Å². The van der Waals surface area contributed by atoms with Crippen molar-refractivity contribution in [2.75, 3.05) is 10.6 Å². The number of aromatic nitrogens is 1. The highest BCUT2D eigenvalue weighted by Gasteiger charge is 2.23. The number of hydrogen-bond donors (Lipinski definition) is 2. The van der Waals surface area contributed by atoms with E-state index in [0.717, 1.165) is 21.0 Å². The van der Waals surface area contributed by atoms with Crippen LogP contribution in [0.3, 0.4) is 0 Å². The van der Waals surface area contributed by atoms with Gasteiger partial charge in [0.15, 0.2) is 5.13 Å². The molecule has 9 heteroatoms. The summed E-state index contributed by atoms with van der Waals surface area (Å²) in [7, 11) is 0. The first-order chi connectivity index (χ1) is 18.0. The molecule has 2 amide bonds. The average Bonchev–Trinajstić information content (AvgIpc) is 3.60. The van der Waals surface area contributed by atoms with E-state index in [1.807, 2.05) is 77.5 Å².